The van der Waals surface area contributed by atoms with Crippen LogP contribution in [0.5, 0.6) is 23.0 Å². The van der Waals surface area contributed by atoms with E-state index in [1.54, 1.807) is 0 Å². The molecule has 2 heterocycles. The van der Waals surface area contributed by atoms with Crippen LogP contribution in [-0.2, 0) is 118 Å². The van der Waals surface area contributed by atoms with Gasteiger partial charge >= 0.3 is 51.2 Å². The fraction of sp³-hybridized carbons (Fsp3) is 0.825. The summed E-state index contributed by atoms with van der Waals surface area (Å²) < 4.78 is 104. The minimum absolute atomic E-state index is 0. The second-order valence-corrected chi connectivity index (χ2v) is 33.7. The predicted molar refractivity (Wildman–Crippen MR) is 468 cm³/mol. The molecule has 8 rings (SSSR count). The third-order valence-corrected chi connectivity index (χ3v) is 22.2. The molecule has 2 aromatic heterocycles. The van der Waals surface area contributed by atoms with Crippen molar-refractivity contribution in [2.45, 2.75) is 181 Å². The molecule has 0 aromatic carbocycles. The first-order valence-electron chi connectivity index (χ1n) is 37.7. The van der Waals surface area contributed by atoms with E-state index < -0.39 is 0 Å². The van der Waals surface area contributed by atoms with Crippen molar-refractivity contribution in [1.82, 2.24) is 0 Å². The number of hydrogen-bond acceptors (Lipinski definition) is 21. The molecular formula is C80H150Br6Fe3O19S2. The van der Waals surface area contributed by atoms with Crippen molar-refractivity contribution in [3.05, 3.63) is 59.7 Å². The van der Waals surface area contributed by atoms with E-state index in [-0.39, 0.29) is 103 Å². The number of aliphatic hydroxyl groups excluding tert-OH is 1. The average molecular weight is 2130 g/mol. The van der Waals surface area contributed by atoms with Gasteiger partial charge in [0, 0.05) is 30.5 Å². The summed E-state index contributed by atoms with van der Waals surface area (Å²) in [5.74, 6) is 4.78. The smallest absolute Gasteiger partial charge is 0.485 e. The van der Waals surface area contributed by atoms with Crippen LogP contribution in [0, 0.1) is 62.3 Å². The van der Waals surface area contributed by atoms with Crippen molar-refractivity contribution in [3.63, 3.8) is 0 Å². The van der Waals surface area contributed by atoms with Crippen molar-refractivity contribution in [2.24, 2.45) is 17.8 Å². The van der Waals surface area contributed by atoms with Crippen LogP contribution >= 0.6 is 118 Å². The van der Waals surface area contributed by atoms with Crippen molar-refractivity contribution in [1.29, 1.82) is 0 Å². The molecule has 2 aromatic rings. The maximum atomic E-state index is 8.57. The van der Waals surface area contributed by atoms with Gasteiger partial charge in [-0.1, -0.05) is 174 Å². The van der Waals surface area contributed by atoms with E-state index in [2.05, 4.69) is 95.6 Å². The first-order valence-corrected chi connectivity index (χ1v) is 44.7. The van der Waals surface area contributed by atoms with Crippen LogP contribution < -0.4 is 18.9 Å². The predicted octanol–water partition coefficient (Wildman–Crippen LogP) is 21.8. The summed E-state index contributed by atoms with van der Waals surface area (Å²) in [6.45, 7) is 18.0. The van der Waals surface area contributed by atoms with Gasteiger partial charge in [-0.2, -0.15) is 0 Å². The molecule has 30 heteroatoms. The largest absolute Gasteiger partial charge is 2.00 e. The number of thiophene rings is 2. The molecule has 6 saturated carbocycles. The van der Waals surface area contributed by atoms with E-state index in [0.29, 0.717) is 234 Å². The molecule has 0 atom stereocenters. The minimum Gasteiger partial charge on any atom is -0.485 e. The Morgan fingerprint density at radius 3 is 0.555 bits per heavy atom. The molecule has 110 heavy (non-hydrogen) atoms. The molecule has 19 nitrogen and oxygen atoms in total. The molecule has 0 radical (unpaired) electrons. The maximum Gasteiger partial charge on any atom is 2.00 e. The number of hydrogen-bond donors (Lipinski definition) is 1. The van der Waals surface area contributed by atoms with Gasteiger partial charge < -0.3 is 135 Å². The van der Waals surface area contributed by atoms with E-state index >= 15 is 0 Å². The zero-order chi connectivity index (χ0) is 71.3. The van der Waals surface area contributed by atoms with Gasteiger partial charge in [0.15, 0.2) is 23.0 Å². The third-order valence-electron chi connectivity index (χ3n) is 16.7. The van der Waals surface area contributed by atoms with Crippen LogP contribution in [0.1, 0.15) is 181 Å². The van der Waals surface area contributed by atoms with Gasteiger partial charge in [-0.25, -0.2) is 0 Å². The van der Waals surface area contributed by atoms with E-state index in [4.69, 9.17) is 90.4 Å². The summed E-state index contributed by atoms with van der Waals surface area (Å²) in [5.41, 5.74) is 0. The second kappa shape index (κ2) is 98.5. The summed E-state index contributed by atoms with van der Waals surface area (Å²) >= 11 is 23.7. The first kappa shape index (κ1) is 128. The number of alkyl halides is 2. The van der Waals surface area contributed by atoms with Crippen molar-refractivity contribution in [2.75, 3.05) is 229 Å². The standard InChI is InChI=1S/C32H54Br2O10S.C20H32Br4O8S.C6H12O.3C5H10.CH4.6CH3.3Fe/c33-31-29(43-23-21-39-15-13-35-9-11-37-17-19-41-25-27-5-1-2-6-27)30(32(34)45-31)44-24-22-40-16-14-36-10-12-38-18-20-42-26-28-7-3-4-8-28;21-1-3-25-5-7-27-9-11-29-13-15-31-17-18(20(24)33-19(17)23)32-16-14-30-12-10-28-8-6-26-4-2-22;7-5-6-3-1-2-4-6;3*1-2-4-5-3-1;;;;;;;;;;/h27-28H,1-26H2;1-16H2;6-7H,1-5H2;3*1-5H2;1H4;6*1H3;;;/q;;;;;;;6*-1;3*+2. The second-order valence-electron chi connectivity index (χ2n) is 24.8. The Kier molecular flexibility index (Phi) is 115. The van der Waals surface area contributed by atoms with Crippen LogP contribution in [0.3, 0.4) is 0 Å². The summed E-state index contributed by atoms with van der Waals surface area (Å²) in [7, 11) is 0. The molecule has 0 unspecified atom stereocenters. The summed E-state index contributed by atoms with van der Waals surface area (Å²) in [6, 6.07) is 0. The molecule has 6 aliphatic carbocycles. The van der Waals surface area contributed by atoms with Gasteiger partial charge in [-0.3, -0.25) is 0 Å². The Hall–Kier alpha value is 2.44. The molecule has 0 spiro atoms. The molecular weight excluding hydrogens is 1980 g/mol. The topological polar surface area (TPSA) is 186 Å². The van der Waals surface area contributed by atoms with Crippen molar-refractivity contribution < 1.29 is 142 Å². The molecule has 0 saturated heterocycles. The zero-order valence-corrected chi connectivity index (χ0v) is 82.0. The summed E-state index contributed by atoms with van der Waals surface area (Å²) in [6.07, 6.45) is 38.3. The third kappa shape index (κ3) is 75.4. The van der Waals surface area contributed by atoms with Gasteiger partial charge in [0.25, 0.3) is 0 Å². The number of halogens is 6. The average Bonchev–Trinajstić information content (AvgIpc) is 1.70. The van der Waals surface area contributed by atoms with E-state index in [0.717, 1.165) is 50.9 Å². The molecule has 0 aliphatic heterocycles. The number of aliphatic hydroxyl groups is 1. The van der Waals surface area contributed by atoms with E-state index in [1.165, 1.54) is 196 Å². The first-order chi connectivity index (χ1) is 49.4. The molecule has 0 amide bonds. The SMILES string of the molecule is BrCCOCCOCCOCCOc1c(Br)sc(Br)c1OCCOCCOCCOCCBr.Brc1sc(Br)c(OCCOCCOCCOCCOCC2CCCC2)c1OCCOCCOCCOCCOCC1CCCC1.C.C1CCCC1.C1CCCC1.C1CCCC1.OCC1CCCC1.[CH3-].[CH3-].[CH3-].[CH3-].[CH3-].[CH3-].[Fe+2].[Fe+2].[Fe+2]. The van der Waals surface area contributed by atoms with Crippen LogP contribution in [0.2, 0.25) is 0 Å². The Morgan fingerprint density at radius 1 is 0.236 bits per heavy atom. The van der Waals surface area contributed by atoms with Crippen LogP contribution in [-0.4, -0.2) is 234 Å². The van der Waals surface area contributed by atoms with Crippen molar-refractivity contribution >= 4 is 118 Å². The fourth-order valence-electron chi connectivity index (χ4n) is 11.2. The van der Waals surface area contributed by atoms with Gasteiger partial charge in [-0.05, 0) is 120 Å². The van der Waals surface area contributed by atoms with Gasteiger partial charge in [0.2, 0.25) is 0 Å². The zero-order valence-electron chi connectivity index (χ0n) is 67.5. The molecule has 0 bridgehead atoms. The Labute approximate surface area is 762 Å². The molecule has 662 valence electrons. The normalized spacial score (nSPS) is 14.6. The number of rotatable bonds is 55. The Balaban J connectivity index is -0.000000232. The molecule has 6 fully saturated rings. The summed E-state index contributed by atoms with van der Waals surface area (Å²) in [5, 5.41) is 10.2. The van der Waals surface area contributed by atoms with Crippen LogP contribution in [0.25, 0.3) is 0 Å². The van der Waals surface area contributed by atoms with Gasteiger partial charge in [-0.15, -0.1) is 22.7 Å². The fourth-order valence-corrected chi connectivity index (χ4v) is 17.4. The van der Waals surface area contributed by atoms with Gasteiger partial charge in [0.1, 0.15) is 41.6 Å². The van der Waals surface area contributed by atoms with Crippen LogP contribution in [0.4, 0.5) is 0 Å². The van der Waals surface area contributed by atoms with Crippen molar-refractivity contribution in [3.8, 4) is 23.0 Å². The van der Waals surface area contributed by atoms with Gasteiger partial charge in [0.05, 0.1) is 172 Å². The molecule has 6 aliphatic rings. The van der Waals surface area contributed by atoms with E-state index in [1.807, 2.05) is 0 Å². The van der Waals surface area contributed by atoms with Crippen LogP contribution in [0.15, 0.2) is 15.1 Å². The van der Waals surface area contributed by atoms with E-state index in [9.17, 15) is 0 Å². The summed E-state index contributed by atoms with van der Waals surface area (Å²) in [4.78, 5) is 0. The Morgan fingerprint density at radius 2 is 0.391 bits per heavy atom. The monoisotopic (exact) mass is 2120 g/mol. The maximum absolute atomic E-state index is 8.57. The minimum atomic E-state index is 0. The molecule has 1 N–H and O–H groups in total. The quantitative estimate of drug-likeness (QED) is 0.0285. The Bertz CT molecular complexity index is 1900. The number of ether oxygens (including phenoxy) is 18.